The summed E-state index contributed by atoms with van der Waals surface area (Å²) >= 11 is 0. The first-order valence-corrected chi connectivity index (χ1v) is 12.0. The Hall–Kier alpha value is -3.89. The third kappa shape index (κ3) is 4.65. The van der Waals surface area contributed by atoms with Gasteiger partial charge in [0.1, 0.15) is 22.6 Å². The molecular weight excluding hydrogens is 462 g/mol. The molecule has 2 atom stereocenters. The summed E-state index contributed by atoms with van der Waals surface area (Å²) in [4.78, 5) is 45.4. The summed E-state index contributed by atoms with van der Waals surface area (Å²) in [7, 11) is 1.56. The quantitative estimate of drug-likeness (QED) is 0.567. The summed E-state index contributed by atoms with van der Waals surface area (Å²) in [5, 5.41) is 2.81. The van der Waals surface area contributed by atoms with E-state index < -0.39 is 5.60 Å². The number of methoxy groups -OCH3 is 1. The van der Waals surface area contributed by atoms with Crippen LogP contribution >= 0.6 is 0 Å². The summed E-state index contributed by atoms with van der Waals surface area (Å²) in [5.74, 6) is 1.62. The maximum atomic E-state index is 12.5. The van der Waals surface area contributed by atoms with Crippen molar-refractivity contribution < 1.29 is 19.1 Å². The van der Waals surface area contributed by atoms with E-state index in [1.54, 1.807) is 19.5 Å². The van der Waals surface area contributed by atoms with Gasteiger partial charge in [-0.15, -0.1) is 0 Å². The van der Waals surface area contributed by atoms with Crippen LogP contribution in [-0.4, -0.2) is 75.7 Å². The molecule has 0 saturated carbocycles. The zero-order valence-corrected chi connectivity index (χ0v) is 21.2. The van der Waals surface area contributed by atoms with Crippen LogP contribution in [0.2, 0.25) is 0 Å². The lowest BCUT2D eigenvalue weighted by Crippen LogP contribution is -2.37. The monoisotopic (exact) mass is 493 g/mol. The number of anilines is 2. The molecule has 2 N–H and O–H groups in total. The van der Waals surface area contributed by atoms with Crippen molar-refractivity contribution in [1.82, 2.24) is 24.8 Å². The number of ether oxygens (including phenoxy) is 2. The number of carbonyl (C=O) groups excluding carboxylic acids is 2. The molecule has 11 heteroatoms. The van der Waals surface area contributed by atoms with Crippen LogP contribution in [0.4, 0.5) is 16.4 Å². The zero-order valence-electron chi connectivity index (χ0n) is 21.2. The summed E-state index contributed by atoms with van der Waals surface area (Å²) in [6, 6.07) is 5.54. The molecule has 36 heavy (non-hydrogen) atoms. The van der Waals surface area contributed by atoms with Crippen molar-refractivity contribution in [3.8, 4) is 17.0 Å². The Morgan fingerprint density at radius 2 is 1.83 bits per heavy atom. The van der Waals surface area contributed by atoms with Crippen molar-refractivity contribution in [1.29, 1.82) is 0 Å². The Kier molecular flexibility index (Phi) is 5.93. The van der Waals surface area contributed by atoms with Crippen LogP contribution in [0.5, 0.6) is 5.75 Å². The highest BCUT2D eigenvalue weighted by Gasteiger charge is 2.43. The topological polar surface area (TPSA) is 126 Å². The highest BCUT2D eigenvalue weighted by atomic mass is 16.6. The minimum atomic E-state index is -0.509. The first kappa shape index (κ1) is 23.8. The first-order chi connectivity index (χ1) is 17.1. The maximum absolute atomic E-state index is 12.5. The van der Waals surface area contributed by atoms with Gasteiger partial charge in [-0.3, -0.25) is 4.79 Å². The van der Waals surface area contributed by atoms with Gasteiger partial charge >= 0.3 is 6.09 Å². The minimum absolute atomic E-state index is 0.190. The van der Waals surface area contributed by atoms with Gasteiger partial charge in [-0.25, -0.2) is 14.8 Å². The average molecular weight is 494 g/mol. The maximum Gasteiger partial charge on any atom is 0.410 e. The molecule has 190 valence electrons. The van der Waals surface area contributed by atoms with Crippen LogP contribution < -0.4 is 15.0 Å². The lowest BCUT2D eigenvalue weighted by Gasteiger charge is -2.26. The molecular formula is C25H31N7O4. The number of hydrogen-bond acceptors (Lipinski definition) is 8. The van der Waals surface area contributed by atoms with Gasteiger partial charge in [-0.1, -0.05) is 0 Å². The fourth-order valence-corrected chi connectivity index (χ4v) is 4.95. The Bertz CT molecular complexity index is 1300. The van der Waals surface area contributed by atoms with Gasteiger partial charge in [0, 0.05) is 50.5 Å². The summed E-state index contributed by atoms with van der Waals surface area (Å²) < 4.78 is 11.0. The van der Waals surface area contributed by atoms with Crippen molar-refractivity contribution in [3.05, 3.63) is 24.5 Å². The number of benzene rings is 1. The highest BCUT2D eigenvalue weighted by molar-refractivity contribution is 5.94. The molecule has 2 amide bonds. The van der Waals surface area contributed by atoms with Crippen LogP contribution in [0.3, 0.4) is 0 Å². The van der Waals surface area contributed by atoms with Crippen LogP contribution in [-0.2, 0) is 9.53 Å². The molecule has 2 aliphatic rings. The number of nitrogens with one attached hydrogen (secondary N) is 2. The number of amides is 2. The molecule has 2 fully saturated rings. The SMILES string of the molecule is COc1ccc(-c2nc(N3CC4CN(C(=O)OC(C)(C)C)CC4C3)nc3nc[nH]c23)cc1NC(C)=O. The molecule has 5 rings (SSSR count). The molecule has 3 aromatic rings. The average Bonchev–Trinajstić information content (AvgIpc) is 3.51. The smallest absolute Gasteiger partial charge is 0.410 e. The van der Waals surface area contributed by atoms with Crippen LogP contribution in [0.1, 0.15) is 27.7 Å². The molecule has 11 nitrogen and oxygen atoms in total. The molecule has 2 aromatic heterocycles. The van der Waals surface area contributed by atoms with Gasteiger partial charge in [0.25, 0.3) is 0 Å². The molecule has 0 aliphatic carbocycles. The van der Waals surface area contributed by atoms with Crippen molar-refractivity contribution in [2.24, 2.45) is 11.8 Å². The van der Waals surface area contributed by atoms with E-state index in [9.17, 15) is 9.59 Å². The normalized spacial score (nSPS) is 19.5. The highest BCUT2D eigenvalue weighted by Crippen LogP contribution is 2.36. The van der Waals surface area contributed by atoms with Crippen molar-refractivity contribution in [2.75, 3.05) is 43.5 Å². The number of likely N-dealkylation sites (tertiary alicyclic amines) is 1. The Labute approximate surface area is 209 Å². The molecule has 1 aromatic carbocycles. The molecule has 4 heterocycles. The van der Waals surface area contributed by atoms with Gasteiger partial charge in [0.05, 0.1) is 19.1 Å². The molecule has 0 spiro atoms. The predicted octanol–water partition coefficient (Wildman–Crippen LogP) is 3.29. The number of rotatable bonds is 4. The number of aromatic nitrogens is 4. The fraction of sp³-hybridized carbons (Fsp3) is 0.480. The molecule has 0 radical (unpaired) electrons. The second kappa shape index (κ2) is 8.96. The molecule has 0 bridgehead atoms. The Balaban J connectivity index is 1.40. The number of imidazole rings is 1. The van der Waals surface area contributed by atoms with Gasteiger partial charge < -0.3 is 29.6 Å². The van der Waals surface area contributed by atoms with Gasteiger partial charge in [0.2, 0.25) is 11.9 Å². The molecule has 2 unspecified atom stereocenters. The van der Waals surface area contributed by atoms with Gasteiger partial charge in [-0.05, 0) is 39.0 Å². The fourth-order valence-electron chi connectivity index (χ4n) is 4.95. The van der Waals surface area contributed by atoms with Crippen LogP contribution in [0.15, 0.2) is 24.5 Å². The zero-order chi connectivity index (χ0) is 25.6. The Morgan fingerprint density at radius 1 is 1.11 bits per heavy atom. The van der Waals surface area contributed by atoms with E-state index in [4.69, 9.17) is 19.4 Å². The lowest BCUT2D eigenvalue weighted by atomic mass is 10.0. The second-order valence-electron chi connectivity index (χ2n) is 10.4. The van der Waals surface area contributed by atoms with E-state index in [-0.39, 0.29) is 12.0 Å². The van der Waals surface area contributed by atoms with Crippen molar-refractivity contribution in [3.63, 3.8) is 0 Å². The van der Waals surface area contributed by atoms with E-state index in [0.29, 0.717) is 59.2 Å². The second-order valence-corrected chi connectivity index (χ2v) is 10.4. The number of carbonyl (C=O) groups is 2. The number of H-pyrrole nitrogens is 1. The van der Waals surface area contributed by atoms with E-state index in [1.165, 1.54) is 6.92 Å². The third-order valence-electron chi connectivity index (χ3n) is 6.48. The van der Waals surface area contributed by atoms with Crippen LogP contribution in [0.25, 0.3) is 22.4 Å². The molecule has 2 aliphatic heterocycles. The number of fused-ring (bicyclic) bond motifs is 2. The van der Waals surface area contributed by atoms with Crippen molar-refractivity contribution in [2.45, 2.75) is 33.3 Å². The summed E-state index contributed by atoms with van der Waals surface area (Å²) in [5.41, 5.74) is 2.83. The Morgan fingerprint density at radius 3 is 2.47 bits per heavy atom. The van der Waals surface area contributed by atoms with Gasteiger partial charge in [0.15, 0.2) is 5.65 Å². The van der Waals surface area contributed by atoms with Crippen molar-refractivity contribution >= 4 is 34.8 Å². The predicted molar refractivity (Wildman–Crippen MR) is 135 cm³/mol. The van der Waals surface area contributed by atoms with E-state index >= 15 is 0 Å². The first-order valence-electron chi connectivity index (χ1n) is 12.0. The lowest BCUT2D eigenvalue weighted by molar-refractivity contribution is -0.114. The number of aromatic amines is 1. The van der Waals surface area contributed by atoms with E-state index in [0.717, 1.165) is 18.7 Å². The van der Waals surface area contributed by atoms with E-state index in [1.807, 2.05) is 37.8 Å². The standard InChI is InChI=1S/C25H31N7O4/c1-14(33)28-18-8-15(6-7-19(18)35-5)20-21-22(27-13-26-21)30-23(29-20)31-9-16-11-32(12-17(16)10-31)24(34)36-25(2,3)4/h6-8,13,16-17H,9-12H2,1-5H3,(H,28,33)(H,26,27,29,30). The molecule has 2 saturated heterocycles. The van der Waals surface area contributed by atoms with Crippen LogP contribution in [0, 0.1) is 11.8 Å². The van der Waals surface area contributed by atoms with E-state index in [2.05, 4.69) is 20.2 Å². The minimum Gasteiger partial charge on any atom is -0.495 e. The number of nitrogens with zero attached hydrogens (tertiary/aromatic N) is 5. The number of hydrogen-bond donors (Lipinski definition) is 2. The summed E-state index contributed by atoms with van der Waals surface area (Å²) in [6.07, 6.45) is 1.34. The summed E-state index contributed by atoms with van der Waals surface area (Å²) in [6.45, 7) is 9.91. The largest absolute Gasteiger partial charge is 0.495 e. The third-order valence-corrected chi connectivity index (χ3v) is 6.48. The van der Waals surface area contributed by atoms with Gasteiger partial charge in [-0.2, -0.15) is 4.98 Å².